The number of hydrogen-bond donors (Lipinski definition) is 2. The Balaban J connectivity index is 1.42. The fourth-order valence-electron chi connectivity index (χ4n) is 5.16. The third kappa shape index (κ3) is 4.19. The number of fused-ring (bicyclic) bond motifs is 1. The molecule has 166 valence electrons. The molecule has 0 bridgehead atoms. The van der Waals surface area contributed by atoms with Gasteiger partial charge in [-0.15, -0.1) is 11.3 Å². The molecule has 2 fully saturated rings. The lowest BCUT2D eigenvalue weighted by atomic mass is 9.81. The van der Waals surface area contributed by atoms with Gasteiger partial charge in [-0.2, -0.15) is 0 Å². The zero-order chi connectivity index (χ0) is 21.4. The molecular formula is C24H30N2O4S. The lowest BCUT2D eigenvalue weighted by molar-refractivity contribution is -0.132. The van der Waals surface area contributed by atoms with Gasteiger partial charge < -0.3 is 19.9 Å². The maximum Gasteiger partial charge on any atom is 0.231 e. The van der Waals surface area contributed by atoms with E-state index in [1.807, 2.05) is 25.1 Å². The van der Waals surface area contributed by atoms with Gasteiger partial charge >= 0.3 is 0 Å². The van der Waals surface area contributed by atoms with Gasteiger partial charge in [0.15, 0.2) is 11.5 Å². The molecule has 1 amide bonds. The summed E-state index contributed by atoms with van der Waals surface area (Å²) in [5, 5.41) is 16.7. The molecule has 3 aliphatic rings. The van der Waals surface area contributed by atoms with Crippen LogP contribution in [0.1, 0.15) is 55.5 Å². The molecule has 0 unspecified atom stereocenters. The molecule has 6 nitrogen and oxygen atoms in total. The lowest BCUT2D eigenvalue weighted by Crippen LogP contribution is -2.62. The topological polar surface area (TPSA) is 71.0 Å². The van der Waals surface area contributed by atoms with E-state index < -0.39 is 5.60 Å². The highest BCUT2D eigenvalue weighted by Crippen LogP contribution is 2.41. The first kappa shape index (κ1) is 20.8. The van der Waals surface area contributed by atoms with Gasteiger partial charge in [0.05, 0.1) is 17.7 Å². The first-order valence-corrected chi connectivity index (χ1v) is 12.1. The number of ether oxygens (including phenoxy) is 2. The van der Waals surface area contributed by atoms with E-state index in [4.69, 9.17) is 9.47 Å². The summed E-state index contributed by atoms with van der Waals surface area (Å²) in [4.78, 5) is 16.6. The molecule has 3 heterocycles. The monoisotopic (exact) mass is 442 g/mol. The van der Waals surface area contributed by atoms with Crippen molar-refractivity contribution in [1.82, 2.24) is 10.2 Å². The van der Waals surface area contributed by atoms with Gasteiger partial charge in [0.2, 0.25) is 12.7 Å². The van der Waals surface area contributed by atoms with Crippen LogP contribution in [-0.2, 0) is 11.3 Å². The number of piperidine rings is 1. The maximum atomic E-state index is 13.0. The van der Waals surface area contributed by atoms with Crippen LogP contribution in [0.3, 0.4) is 0 Å². The van der Waals surface area contributed by atoms with E-state index in [2.05, 4.69) is 27.7 Å². The van der Waals surface area contributed by atoms with Gasteiger partial charge in [-0.3, -0.25) is 9.69 Å². The molecule has 2 aromatic rings. The quantitative estimate of drug-likeness (QED) is 0.736. The van der Waals surface area contributed by atoms with Crippen molar-refractivity contribution in [3.05, 3.63) is 46.2 Å². The number of carbonyl (C=O) groups is 1. The first-order valence-electron chi connectivity index (χ1n) is 11.2. The molecule has 1 aliphatic carbocycles. The molecule has 2 N–H and O–H groups in total. The summed E-state index contributed by atoms with van der Waals surface area (Å²) >= 11 is 1.68. The molecular weight excluding hydrogens is 412 g/mol. The number of amides is 1. The van der Waals surface area contributed by atoms with E-state index >= 15 is 0 Å². The van der Waals surface area contributed by atoms with Crippen molar-refractivity contribution in [3.8, 4) is 11.5 Å². The van der Waals surface area contributed by atoms with E-state index in [1.54, 1.807) is 11.3 Å². The standard InChI is InChI=1S/C24H30N2O4S/c1-24(28)10-11-26(14-16-8-9-18-19(13-16)30-15-29-18)21(20-7-4-12-31-20)22(24)25-23(27)17-5-2-3-6-17/h4,7-9,12-13,17,21-22,28H,2-3,5-6,10-11,14-15H2,1H3,(H,25,27)/t21-,22-,24+/m0/s1. The molecule has 1 saturated heterocycles. The SMILES string of the molecule is C[C@@]1(O)CCN(Cc2ccc3c(c2)OCO3)[C@@H](c2cccs2)[C@@H]1NC(=O)C1CCCC1. The van der Waals surface area contributed by atoms with Crippen LogP contribution < -0.4 is 14.8 Å². The average Bonchev–Trinajstić information content (AvgIpc) is 3.52. The Morgan fingerprint density at radius 3 is 2.84 bits per heavy atom. The summed E-state index contributed by atoms with van der Waals surface area (Å²) in [6, 6.07) is 9.76. The predicted molar refractivity (Wildman–Crippen MR) is 119 cm³/mol. The van der Waals surface area contributed by atoms with Crippen LogP contribution in [0.5, 0.6) is 11.5 Å². The summed E-state index contributed by atoms with van der Waals surface area (Å²) < 4.78 is 11.0. The molecule has 1 saturated carbocycles. The Hall–Kier alpha value is -2.09. The Morgan fingerprint density at radius 1 is 1.26 bits per heavy atom. The number of carbonyl (C=O) groups excluding carboxylic acids is 1. The number of thiophene rings is 1. The second kappa shape index (κ2) is 8.45. The third-order valence-electron chi connectivity index (χ3n) is 6.97. The fraction of sp³-hybridized carbons (Fsp3) is 0.542. The Kier molecular flexibility index (Phi) is 5.67. The molecule has 0 radical (unpaired) electrons. The molecule has 1 aromatic heterocycles. The van der Waals surface area contributed by atoms with Crippen molar-refractivity contribution >= 4 is 17.2 Å². The first-order chi connectivity index (χ1) is 15.0. The van der Waals surface area contributed by atoms with Crippen molar-refractivity contribution < 1.29 is 19.4 Å². The number of rotatable bonds is 5. The van der Waals surface area contributed by atoms with Crippen LogP contribution in [0, 0.1) is 5.92 Å². The van der Waals surface area contributed by atoms with E-state index in [1.165, 1.54) is 0 Å². The third-order valence-corrected chi connectivity index (χ3v) is 7.91. The van der Waals surface area contributed by atoms with Crippen molar-refractivity contribution in [2.75, 3.05) is 13.3 Å². The van der Waals surface area contributed by atoms with E-state index in [-0.39, 0.29) is 30.7 Å². The van der Waals surface area contributed by atoms with Gasteiger partial charge in [0.25, 0.3) is 0 Å². The van der Waals surface area contributed by atoms with Gasteiger partial charge in [0, 0.05) is 23.9 Å². The highest BCUT2D eigenvalue weighted by Gasteiger charge is 2.47. The second-order valence-corrected chi connectivity index (χ2v) is 10.2. The number of likely N-dealkylation sites (tertiary alicyclic amines) is 1. The minimum Gasteiger partial charge on any atom is -0.454 e. The Labute approximate surface area is 187 Å². The highest BCUT2D eigenvalue weighted by atomic mass is 32.1. The smallest absolute Gasteiger partial charge is 0.231 e. The average molecular weight is 443 g/mol. The second-order valence-electron chi connectivity index (χ2n) is 9.19. The van der Waals surface area contributed by atoms with Crippen LogP contribution >= 0.6 is 11.3 Å². The summed E-state index contributed by atoms with van der Waals surface area (Å²) in [6.45, 7) is 3.59. The summed E-state index contributed by atoms with van der Waals surface area (Å²) in [5.74, 6) is 1.72. The van der Waals surface area contributed by atoms with E-state index in [9.17, 15) is 9.90 Å². The van der Waals surface area contributed by atoms with E-state index in [0.717, 1.165) is 54.2 Å². The Bertz CT molecular complexity index is 924. The van der Waals surface area contributed by atoms with Gasteiger partial charge in [-0.25, -0.2) is 0 Å². The Morgan fingerprint density at radius 2 is 2.06 bits per heavy atom. The van der Waals surface area contributed by atoms with Gasteiger partial charge in [0.1, 0.15) is 0 Å². The molecule has 31 heavy (non-hydrogen) atoms. The molecule has 2 aliphatic heterocycles. The lowest BCUT2D eigenvalue weighted by Gasteiger charge is -2.49. The zero-order valence-electron chi connectivity index (χ0n) is 17.9. The minimum absolute atomic E-state index is 0.0732. The number of aliphatic hydroxyl groups is 1. The number of benzene rings is 1. The maximum absolute atomic E-state index is 13.0. The van der Waals surface area contributed by atoms with Crippen molar-refractivity contribution in [1.29, 1.82) is 0 Å². The van der Waals surface area contributed by atoms with Gasteiger partial charge in [-0.05, 0) is 55.3 Å². The van der Waals surface area contributed by atoms with Crippen LogP contribution in [0.25, 0.3) is 0 Å². The summed E-state index contributed by atoms with van der Waals surface area (Å²) in [5.41, 5.74) is 0.169. The normalized spacial score (nSPS) is 28.7. The largest absolute Gasteiger partial charge is 0.454 e. The summed E-state index contributed by atoms with van der Waals surface area (Å²) in [6.07, 6.45) is 4.74. The number of nitrogens with zero attached hydrogens (tertiary/aromatic N) is 1. The molecule has 1 aromatic carbocycles. The minimum atomic E-state index is -0.964. The molecule has 0 spiro atoms. The van der Waals surface area contributed by atoms with Crippen LogP contribution in [0.15, 0.2) is 35.7 Å². The van der Waals surface area contributed by atoms with Crippen LogP contribution in [-0.4, -0.2) is 40.9 Å². The highest BCUT2D eigenvalue weighted by molar-refractivity contribution is 7.10. The molecule has 3 atom stereocenters. The number of nitrogens with one attached hydrogen (secondary N) is 1. The van der Waals surface area contributed by atoms with E-state index in [0.29, 0.717) is 13.0 Å². The van der Waals surface area contributed by atoms with Crippen molar-refractivity contribution in [2.45, 2.75) is 63.3 Å². The molecule has 5 rings (SSSR count). The fourth-order valence-corrected chi connectivity index (χ4v) is 6.06. The zero-order valence-corrected chi connectivity index (χ0v) is 18.7. The van der Waals surface area contributed by atoms with Crippen molar-refractivity contribution in [3.63, 3.8) is 0 Å². The van der Waals surface area contributed by atoms with Crippen LogP contribution in [0.2, 0.25) is 0 Å². The summed E-state index contributed by atoms with van der Waals surface area (Å²) in [7, 11) is 0. The van der Waals surface area contributed by atoms with Crippen LogP contribution in [0.4, 0.5) is 0 Å². The molecule has 7 heteroatoms. The van der Waals surface area contributed by atoms with Crippen molar-refractivity contribution in [2.24, 2.45) is 5.92 Å². The predicted octanol–water partition coefficient (Wildman–Crippen LogP) is 3.85. The number of hydrogen-bond acceptors (Lipinski definition) is 6. The van der Waals surface area contributed by atoms with Gasteiger partial charge in [-0.1, -0.05) is 25.0 Å².